The summed E-state index contributed by atoms with van der Waals surface area (Å²) >= 11 is 0. The van der Waals surface area contributed by atoms with Gasteiger partial charge in [0.2, 0.25) is 5.89 Å². The lowest BCUT2D eigenvalue weighted by Crippen LogP contribution is -2.15. The summed E-state index contributed by atoms with van der Waals surface area (Å²) in [5.74, 6) is -0.534. The molecule has 0 atom stereocenters. The predicted octanol–water partition coefficient (Wildman–Crippen LogP) is 4.48. The largest absolute Gasteiger partial charge is 0.452 e. The molecule has 0 radical (unpaired) electrons. The molecular formula is C24H20N2O6S. The fourth-order valence-corrected chi connectivity index (χ4v) is 4.33. The van der Waals surface area contributed by atoms with Crippen LogP contribution in [0.5, 0.6) is 5.75 Å². The molecule has 168 valence electrons. The Morgan fingerprint density at radius 3 is 2.45 bits per heavy atom. The standard InChI is InChI=1S/C24H20N2O6S/c1-16-12-13-17(2)21(14-16)33(28,29)32-20-11-7-6-10-19(20)24(27)30-15-22-25-26-23(31-22)18-8-4-3-5-9-18/h3-14H,15H2,1-2H3. The summed E-state index contributed by atoms with van der Waals surface area (Å²) in [5.41, 5.74) is 1.99. The number of para-hydroxylation sites is 1. The number of rotatable bonds is 7. The van der Waals surface area contributed by atoms with Crippen molar-refractivity contribution in [3.05, 3.63) is 95.4 Å². The molecule has 0 aliphatic rings. The van der Waals surface area contributed by atoms with Gasteiger partial charge in [-0.1, -0.05) is 42.5 Å². The molecule has 9 heteroatoms. The highest BCUT2D eigenvalue weighted by Gasteiger charge is 2.24. The minimum atomic E-state index is -4.17. The van der Waals surface area contributed by atoms with Gasteiger partial charge in [-0.15, -0.1) is 10.2 Å². The van der Waals surface area contributed by atoms with Gasteiger partial charge >= 0.3 is 16.1 Å². The third kappa shape index (κ3) is 5.09. The highest BCUT2D eigenvalue weighted by Crippen LogP contribution is 2.26. The number of ether oxygens (including phenoxy) is 1. The predicted molar refractivity (Wildman–Crippen MR) is 119 cm³/mol. The molecule has 0 N–H and O–H groups in total. The van der Waals surface area contributed by atoms with Crippen LogP contribution in [0.3, 0.4) is 0 Å². The highest BCUT2D eigenvalue weighted by atomic mass is 32.2. The number of carbonyl (C=O) groups is 1. The minimum absolute atomic E-state index is 0.0324. The molecule has 0 aliphatic carbocycles. The van der Waals surface area contributed by atoms with Gasteiger partial charge in [-0.05, 0) is 55.3 Å². The summed E-state index contributed by atoms with van der Waals surface area (Å²) in [6, 6.07) is 20.1. The Morgan fingerprint density at radius 1 is 0.939 bits per heavy atom. The molecule has 0 saturated carbocycles. The maximum atomic E-state index is 12.9. The summed E-state index contributed by atoms with van der Waals surface area (Å²) in [4.78, 5) is 12.7. The zero-order valence-corrected chi connectivity index (χ0v) is 18.7. The van der Waals surface area contributed by atoms with Crippen LogP contribution in [0.1, 0.15) is 27.4 Å². The van der Waals surface area contributed by atoms with Gasteiger partial charge in [0.1, 0.15) is 10.5 Å². The van der Waals surface area contributed by atoms with Crippen LogP contribution in [0.15, 0.2) is 82.1 Å². The fraction of sp³-hybridized carbons (Fsp3) is 0.125. The van der Waals surface area contributed by atoms with Crippen LogP contribution in [-0.2, 0) is 21.5 Å². The summed E-state index contributed by atoms with van der Waals surface area (Å²) in [5, 5.41) is 7.82. The topological polar surface area (TPSA) is 109 Å². The van der Waals surface area contributed by atoms with Gasteiger partial charge in [0.05, 0.1) is 0 Å². The second kappa shape index (κ2) is 9.25. The minimum Gasteiger partial charge on any atom is -0.452 e. The molecule has 0 fully saturated rings. The number of aryl methyl sites for hydroxylation is 2. The van der Waals surface area contributed by atoms with Gasteiger partial charge in [-0.2, -0.15) is 8.42 Å². The van der Waals surface area contributed by atoms with Crippen molar-refractivity contribution in [2.75, 3.05) is 0 Å². The molecule has 1 heterocycles. The van der Waals surface area contributed by atoms with Crippen molar-refractivity contribution in [2.24, 2.45) is 0 Å². The summed E-state index contributed by atoms with van der Waals surface area (Å²) in [6.45, 7) is 3.17. The van der Waals surface area contributed by atoms with E-state index in [-0.39, 0.29) is 28.7 Å². The van der Waals surface area contributed by atoms with Crippen molar-refractivity contribution < 1.29 is 26.5 Å². The first kappa shape index (κ1) is 22.2. The Balaban J connectivity index is 1.50. The van der Waals surface area contributed by atoms with E-state index in [9.17, 15) is 13.2 Å². The molecule has 0 aliphatic heterocycles. The van der Waals surface area contributed by atoms with Gasteiger partial charge in [-0.3, -0.25) is 0 Å². The van der Waals surface area contributed by atoms with E-state index < -0.39 is 16.1 Å². The second-order valence-electron chi connectivity index (χ2n) is 7.25. The lowest BCUT2D eigenvalue weighted by atomic mass is 10.2. The lowest BCUT2D eigenvalue weighted by molar-refractivity contribution is 0.0437. The van der Waals surface area contributed by atoms with E-state index in [1.54, 1.807) is 38.1 Å². The van der Waals surface area contributed by atoms with Gasteiger partial charge in [0.15, 0.2) is 12.4 Å². The smallest absolute Gasteiger partial charge is 0.342 e. The Hall–Kier alpha value is -3.98. The molecule has 33 heavy (non-hydrogen) atoms. The Labute approximate surface area is 190 Å². The Kier molecular flexibility index (Phi) is 6.23. The molecule has 1 aromatic heterocycles. The first-order chi connectivity index (χ1) is 15.8. The van der Waals surface area contributed by atoms with Gasteiger partial charge in [0, 0.05) is 5.56 Å². The SMILES string of the molecule is Cc1ccc(C)c(S(=O)(=O)Oc2ccccc2C(=O)OCc2nnc(-c3ccccc3)o2)c1. The first-order valence-corrected chi connectivity index (χ1v) is 11.4. The average Bonchev–Trinajstić information content (AvgIpc) is 3.29. The maximum absolute atomic E-state index is 12.9. The Morgan fingerprint density at radius 2 is 1.67 bits per heavy atom. The molecule has 0 spiro atoms. The van der Waals surface area contributed by atoms with Crippen LogP contribution in [-0.4, -0.2) is 24.6 Å². The molecule has 8 nitrogen and oxygen atoms in total. The van der Waals surface area contributed by atoms with E-state index in [0.717, 1.165) is 11.1 Å². The van der Waals surface area contributed by atoms with Crippen molar-refractivity contribution in [1.29, 1.82) is 0 Å². The van der Waals surface area contributed by atoms with Crippen LogP contribution in [0.2, 0.25) is 0 Å². The van der Waals surface area contributed by atoms with Crippen molar-refractivity contribution in [3.63, 3.8) is 0 Å². The van der Waals surface area contributed by atoms with E-state index in [2.05, 4.69) is 10.2 Å². The molecule has 3 aromatic carbocycles. The number of esters is 1. The molecular weight excluding hydrogens is 444 g/mol. The van der Waals surface area contributed by atoms with Crippen molar-refractivity contribution >= 4 is 16.1 Å². The lowest BCUT2D eigenvalue weighted by Gasteiger charge is -2.12. The fourth-order valence-electron chi connectivity index (χ4n) is 3.06. The molecule has 4 aromatic rings. The van der Waals surface area contributed by atoms with Crippen molar-refractivity contribution in [1.82, 2.24) is 10.2 Å². The third-order valence-electron chi connectivity index (χ3n) is 4.73. The van der Waals surface area contributed by atoms with Crippen LogP contribution in [0.4, 0.5) is 0 Å². The number of hydrogen-bond donors (Lipinski definition) is 0. The Bertz CT molecular complexity index is 1400. The number of benzene rings is 3. The second-order valence-corrected chi connectivity index (χ2v) is 8.76. The van der Waals surface area contributed by atoms with E-state index in [0.29, 0.717) is 11.5 Å². The average molecular weight is 464 g/mol. The van der Waals surface area contributed by atoms with E-state index in [1.165, 1.54) is 18.2 Å². The highest BCUT2D eigenvalue weighted by molar-refractivity contribution is 7.87. The molecule has 0 bridgehead atoms. The molecule has 0 saturated heterocycles. The monoisotopic (exact) mass is 464 g/mol. The summed E-state index contributed by atoms with van der Waals surface area (Å²) in [6.07, 6.45) is 0. The number of hydrogen-bond acceptors (Lipinski definition) is 8. The molecule has 4 rings (SSSR count). The van der Waals surface area contributed by atoms with Gasteiger partial charge in [-0.25, -0.2) is 4.79 Å². The summed E-state index contributed by atoms with van der Waals surface area (Å²) in [7, 11) is -4.17. The third-order valence-corrected chi connectivity index (χ3v) is 6.11. The van der Waals surface area contributed by atoms with Gasteiger partial charge < -0.3 is 13.3 Å². The zero-order chi connectivity index (χ0) is 23.4. The van der Waals surface area contributed by atoms with Crippen molar-refractivity contribution in [3.8, 4) is 17.2 Å². The van der Waals surface area contributed by atoms with Crippen LogP contribution >= 0.6 is 0 Å². The van der Waals surface area contributed by atoms with Crippen LogP contribution in [0, 0.1) is 13.8 Å². The number of carbonyl (C=O) groups excluding carboxylic acids is 1. The van der Waals surface area contributed by atoms with E-state index >= 15 is 0 Å². The van der Waals surface area contributed by atoms with E-state index in [1.807, 2.05) is 30.3 Å². The first-order valence-electron chi connectivity index (χ1n) is 9.99. The number of aromatic nitrogens is 2. The van der Waals surface area contributed by atoms with Crippen LogP contribution in [0.25, 0.3) is 11.5 Å². The van der Waals surface area contributed by atoms with Gasteiger partial charge in [0.25, 0.3) is 5.89 Å². The normalized spacial score (nSPS) is 11.2. The summed E-state index contributed by atoms with van der Waals surface area (Å²) < 4.78 is 41.8. The quantitative estimate of drug-likeness (QED) is 0.291. The molecule has 0 amide bonds. The van der Waals surface area contributed by atoms with Crippen LogP contribution < -0.4 is 4.18 Å². The number of nitrogens with zero attached hydrogens (tertiary/aromatic N) is 2. The van der Waals surface area contributed by atoms with Crippen molar-refractivity contribution in [2.45, 2.75) is 25.3 Å². The maximum Gasteiger partial charge on any atom is 0.342 e. The molecule has 0 unspecified atom stereocenters. The zero-order valence-electron chi connectivity index (χ0n) is 17.9. The van der Waals surface area contributed by atoms with E-state index in [4.69, 9.17) is 13.3 Å².